The monoisotopic (exact) mass is 374 g/mol. The van der Waals surface area contributed by atoms with Gasteiger partial charge in [-0.05, 0) is 60.3 Å². The predicted molar refractivity (Wildman–Crippen MR) is 104 cm³/mol. The van der Waals surface area contributed by atoms with E-state index in [1.165, 1.54) is 18.2 Å². The Bertz CT molecular complexity index is 761. The van der Waals surface area contributed by atoms with Crippen LogP contribution in [0.1, 0.15) is 5.56 Å². The number of hydrogen-bond donors (Lipinski definition) is 2. The van der Waals surface area contributed by atoms with Crippen LogP contribution in [0.3, 0.4) is 0 Å². The lowest BCUT2D eigenvalue weighted by Crippen LogP contribution is -2.32. The van der Waals surface area contributed by atoms with Crippen molar-refractivity contribution in [1.82, 2.24) is 5.32 Å². The number of thiocarbonyl (C=S) groups is 1. The van der Waals surface area contributed by atoms with E-state index >= 15 is 0 Å². The van der Waals surface area contributed by atoms with Crippen molar-refractivity contribution in [1.29, 1.82) is 0 Å². The molecular formula is C19H19FN2O3S. The normalized spacial score (nSPS) is 10.5. The zero-order chi connectivity index (χ0) is 18.8. The van der Waals surface area contributed by atoms with Gasteiger partial charge in [-0.3, -0.25) is 10.1 Å². The topological polar surface area (TPSA) is 59.6 Å². The fourth-order valence-corrected chi connectivity index (χ4v) is 2.16. The molecule has 0 radical (unpaired) electrons. The summed E-state index contributed by atoms with van der Waals surface area (Å²) >= 11 is 5.10. The molecule has 0 aliphatic rings. The summed E-state index contributed by atoms with van der Waals surface area (Å²) in [6.07, 6.45) is 2.90. The molecule has 0 heterocycles. The highest BCUT2D eigenvalue weighted by Crippen LogP contribution is 2.15. The van der Waals surface area contributed by atoms with Gasteiger partial charge in [0.2, 0.25) is 5.91 Å². The number of halogens is 1. The second-order valence-corrected chi connectivity index (χ2v) is 5.60. The summed E-state index contributed by atoms with van der Waals surface area (Å²) in [6, 6.07) is 13.0. The van der Waals surface area contributed by atoms with E-state index in [4.69, 9.17) is 21.7 Å². The minimum Gasteiger partial charge on any atom is -0.491 e. The van der Waals surface area contributed by atoms with Gasteiger partial charge < -0.3 is 14.8 Å². The molecule has 0 atom stereocenters. The molecule has 7 heteroatoms. The second-order valence-electron chi connectivity index (χ2n) is 5.19. The smallest absolute Gasteiger partial charge is 0.250 e. The van der Waals surface area contributed by atoms with Crippen LogP contribution >= 0.6 is 12.2 Å². The molecule has 5 nitrogen and oxygen atoms in total. The van der Waals surface area contributed by atoms with E-state index in [-0.39, 0.29) is 16.8 Å². The SMILES string of the molecule is COCCOc1ccc(NC(=S)NC(=O)/C=C/c2ccc(F)cc2)cc1. The number of carbonyl (C=O) groups is 1. The molecule has 0 aliphatic carbocycles. The number of carbonyl (C=O) groups excluding carboxylic acids is 1. The zero-order valence-electron chi connectivity index (χ0n) is 14.2. The predicted octanol–water partition coefficient (Wildman–Crippen LogP) is 3.38. The molecule has 0 aliphatic heterocycles. The van der Waals surface area contributed by atoms with Gasteiger partial charge in [-0.1, -0.05) is 12.1 Å². The molecule has 136 valence electrons. The van der Waals surface area contributed by atoms with E-state index < -0.39 is 0 Å². The molecule has 0 spiro atoms. The van der Waals surface area contributed by atoms with Crippen molar-refractivity contribution in [2.45, 2.75) is 0 Å². The first-order valence-electron chi connectivity index (χ1n) is 7.84. The van der Waals surface area contributed by atoms with Crippen molar-refractivity contribution < 1.29 is 18.7 Å². The molecule has 2 rings (SSSR count). The largest absolute Gasteiger partial charge is 0.491 e. The first kappa shape index (κ1) is 19.6. The van der Waals surface area contributed by atoms with Gasteiger partial charge in [-0.2, -0.15) is 0 Å². The minimum atomic E-state index is -0.383. The van der Waals surface area contributed by atoms with Crippen LogP contribution in [0.5, 0.6) is 5.75 Å². The quantitative estimate of drug-likeness (QED) is 0.442. The summed E-state index contributed by atoms with van der Waals surface area (Å²) in [7, 11) is 1.61. The molecule has 0 bridgehead atoms. The minimum absolute atomic E-state index is 0.173. The molecule has 0 aromatic heterocycles. The Morgan fingerprint density at radius 3 is 2.46 bits per heavy atom. The van der Waals surface area contributed by atoms with Crippen molar-refractivity contribution in [3.8, 4) is 5.75 Å². The lowest BCUT2D eigenvalue weighted by Gasteiger charge is -2.09. The molecule has 26 heavy (non-hydrogen) atoms. The summed E-state index contributed by atoms with van der Waals surface area (Å²) in [4.78, 5) is 11.9. The number of ether oxygens (including phenoxy) is 2. The van der Waals surface area contributed by atoms with E-state index in [0.29, 0.717) is 24.5 Å². The van der Waals surface area contributed by atoms with Crippen molar-refractivity contribution in [2.75, 3.05) is 25.6 Å². The summed E-state index contributed by atoms with van der Waals surface area (Å²) in [5.41, 5.74) is 1.43. The number of amides is 1. The van der Waals surface area contributed by atoms with Gasteiger partial charge in [0, 0.05) is 18.9 Å². The van der Waals surface area contributed by atoms with Gasteiger partial charge >= 0.3 is 0 Å². The van der Waals surface area contributed by atoms with Crippen LogP contribution < -0.4 is 15.4 Å². The molecule has 0 saturated heterocycles. The van der Waals surface area contributed by atoms with Crippen molar-refractivity contribution in [3.05, 3.63) is 66.0 Å². The lowest BCUT2D eigenvalue weighted by molar-refractivity contribution is -0.115. The number of nitrogens with one attached hydrogen (secondary N) is 2. The van der Waals surface area contributed by atoms with E-state index in [1.54, 1.807) is 49.6 Å². The van der Waals surface area contributed by atoms with E-state index in [0.717, 1.165) is 5.69 Å². The Labute approximate surface area is 156 Å². The Morgan fingerprint density at radius 2 is 1.81 bits per heavy atom. The van der Waals surface area contributed by atoms with Crippen LogP contribution in [-0.2, 0) is 9.53 Å². The van der Waals surface area contributed by atoms with Crippen LogP contribution in [0.15, 0.2) is 54.6 Å². The Hall–Kier alpha value is -2.77. The van der Waals surface area contributed by atoms with Crippen LogP contribution in [0.4, 0.5) is 10.1 Å². The van der Waals surface area contributed by atoms with Crippen molar-refractivity contribution >= 4 is 35.0 Å². The van der Waals surface area contributed by atoms with Gasteiger partial charge in [0.1, 0.15) is 18.2 Å². The summed E-state index contributed by atoms with van der Waals surface area (Å²) in [5, 5.41) is 5.62. The zero-order valence-corrected chi connectivity index (χ0v) is 15.0. The Kier molecular flexibility index (Phi) is 7.73. The molecule has 2 aromatic carbocycles. The number of rotatable bonds is 7. The van der Waals surface area contributed by atoms with Crippen LogP contribution in [0.2, 0.25) is 0 Å². The first-order valence-corrected chi connectivity index (χ1v) is 8.25. The third-order valence-electron chi connectivity index (χ3n) is 3.20. The molecule has 2 aromatic rings. The fraction of sp³-hybridized carbons (Fsp3) is 0.158. The van der Waals surface area contributed by atoms with Crippen LogP contribution in [0.25, 0.3) is 6.08 Å². The average molecular weight is 374 g/mol. The highest BCUT2D eigenvalue weighted by molar-refractivity contribution is 7.80. The van der Waals surface area contributed by atoms with Gasteiger partial charge in [-0.25, -0.2) is 4.39 Å². The number of anilines is 1. The van der Waals surface area contributed by atoms with Crippen LogP contribution in [0, 0.1) is 5.82 Å². The summed E-state index contributed by atoms with van der Waals surface area (Å²) in [5.74, 6) is 0.00299. The van der Waals surface area contributed by atoms with Crippen molar-refractivity contribution in [3.63, 3.8) is 0 Å². The van der Waals surface area contributed by atoms with Gasteiger partial charge in [0.05, 0.1) is 6.61 Å². The van der Waals surface area contributed by atoms with E-state index in [2.05, 4.69) is 10.6 Å². The molecule has 0 fully saturated rings. The van der Waals surface area contributed by atoms with Gasteiger partial charge in [0.25, 0.3) is 0 Å². The lowest BCUT2D eigenvalue weighted by atomic mass is 10.2. The molecule has 0 saturated carbocycles. The fourth-order valence-electron chi connectivity index (χ4n) is 1.94. The third-order valence-corrected chi connectivity index (χ3v) is 3.41. The summed E-state index contributed by atoms with van der Waals surface area (Å²) < 4.78 is 23.2. The van der Waals surface area contributed by atoms with Gasteiger partial charge in [0.15, 0.2) is 5.11 Å². The Balaban J connectivity index is 1.80. The number of benzene rings is 2. The maximum absolute atomic E-state index is 12.8. The maximum Gasteiger partial charge on any atom is 0.250 e. The molecule has 2 N–H and O–H groups in total. The standard InChI is InChI=1S/C19H19FN2O3S/c1-24-12-13-25-17-9-7-16(8-10-17)21-19(26)22-18(23)11-4-14-2-5-15(20)6-3-14/h2-11H,12-13H2,1H3,(H2,21,22,23,26)/b11-4+. The van der Waals surface area contributed by atoms with Crippen LogP contribution in [-0.4, -0.2) is 31.3 Å². The number of hydrogen-bond acceptors (Lipinski definition) is 4. The highest BCUT2D eigenvalue weighted by atomic mass is 32.1. The Morgan fingerprint density at radius 1 is 1.12 bits per heavy atom. The molecule has 0 unspecified atom stereocenters. The third kappa shape index (κ3) is 7.00. The molecular weight excluding hydrogens is 355 g/mol. The molecule has 1 amide bonds. The van der Waals surface area contributed by atoms with E-state index in [9.17, 15) is 9.18 Å². The van der Waals surface area contributed by atoms with Gasteiger partial charge in [-0.15, -0.1) is 0 Å². The summed E-state index contributed by atoms with van der Waals surface area (Å²) in [6.45, 7) is 0.986. The maximum atomic E-state index is 12.8. The number of methoxy groups -OCH3 is 1. The van der Waals surface area contributed by atoms with E-state index in [1.807, 2.05) is 0 Å². The highest BCUT2D eigenvalue weighted by Gasteiger charge is 2.02. The average Bonchev–Trinajstić information content (AvgIpc) is 2.63. The first-order chi connectivity index (χ1) is 12.6. The van der Waals surface area contributed by atoms with Crippen molar-refractivity contribution in [2.24, 2.45) is 0 Å². The second kappa shape index (κ2) is 10.3.